The maximum Gasteiger partial charge on any atom is 0.187 e. The summed E-state index contributed by atoms with van der Waals surface area (Å²) < 4.78 is 53.4. The van der Waals surface area contributed by atoms with Crippen molar-refractivity contribution in [3.63, 3.8) is 0 Å². The Morgan fingerprint density at radius 3 is 2.24 bits per heavy atom. The van der Waals surface area contributed by atoms with Crippen molar-refractivity contribution in [3.05, 3.63) is 41.2 Å². The molecule has 90 valence electrons. The summed E-state index contributed by atoms with van der Waals surface area (Å²) in [5, 5.41) is 6.69. The van der Waals surface area contributed by atoms with E-state index in [1.54, 1.807) is 0 Å². The molecule has 1 heterocycles. The summed E-state index contributed by atoms with van der Waals surface area (Å²) in [6.45, 7) is 0. The van der Waals surface area contributed by atoms with Crippen LogP contribution in [0.5, 0.6) is 0 Å². The average Bonchev–Trinajstić information content (AvgIpc) is 2.75. The number of nitrogens with zero attached hydrogens (tertiary/aromatic N) is 3. The first-order valence-electron chi connectivity index (χ1n) is 4.35. The molecule has 2 aromatic rings. The highest BCUT2D eigenvalue weighted by Gasteiger charge is 2.22. The van der Waals surface area contributed by atoms with Crippen LogP contribution in [0.2, 0.25) is 0 Å². The first kappa shape index (κ1) is 11.8. The SMILES string of the molecule is Fc1cc(F)c(F)c(-n2nncc2CCl)c1F. The van der Waals surface area contributed by atoms with E-state index in [0.29, 0.717) is 4.68 Å². The molecule has 0 atom stereocenters. The van der Waals surface area contributed by atoms with E-state index in [9.17, 15) is 17.6 Å². The first-order valence-corrected chi connectivity index (χ1v) is 4.88. The number of aromatic nitrogens is 3. The zero-order valence-corrected chi connectivity index (χ0v) is 8.85. The van der Waals surface area contributed by atoms with Crippen LogP contribution < -0.4 is 0 Å². The summed E-state index contributed by atoms with van der Waals surface area (Å²) in [5.41, 5.74) is -0.870. The zero-order valence-electron chi connectivity index (χ0n) is 8.09. The lowest BCUT2D eigenvalue weighted by molar-refractivity contribution is 0.442. The highest BCUT2D eigenvalue weighted by atomic mass is 35.5. The summed E-state index contributed by atoms with van der Waals surface area (Å²) >= 11 is 5.47. The number of benzene rings is 1. The molecule has 1 aromatic heterocycles. The Morgan fingerprint density at radius 2 is 1.71 bits per heavy atom. The van der Waals surface area contributed by atoms with E-state index in [1.165, 1.54) is 0 Å². The van der Waals surface area contributed by atoms with Crippen LogP contribution in [0.25, 0.3) is 5.69 Å². The van der Waals surface area contributed by atoms with Gasteiger partial charge >= 0.3 is 0 Å². The van der Waals surface area contributed by atoms with Crippen LogP contribution in [0.3, 0.4) is 0 Å². The van der Waals surface area contributed by atoms with Crippen molar-refractivity contribution in [2.45, 2.75) is 5.88 Å². The average molecular weight is 266 g/mol. The molecule has 0 aliphatic heterocycles. The Kier molecular flexibility index (Phi) is 3.01. The fraction of sp³-hybridized carbons (Fsp3) is 0.111. The van der Waals surface area contributed by atoms with Crippen molar-refractivity contribution in [1.82, 2.24) is 15.0 Å². The second-order valence-corrected chi connectivity index (χ2v) is 3.35. The molecule has 1 aromatic carbocycles. The molecule has 17 heavy (non-hydrogen) atoms. The summed E-state index contributed by atoms with van der Waals surface area (Å²) in [4.78, 5) is 0. The molecule has 3 nitrogen and oxygen atoms in total. The minimum Gasteiger partial charge on any atom is -0.210 e. The van der Waals surface area contributed by atoms with Crippen molar-refractivity contribution in [2.24, 2.45) is 0 Å². The Morgan fingerprint density at radius 1 is 1.12 bits per heavy atom. The molecule has 0 spiro atoms. The third kappa shape index (κ3) is 1.86. The van der Waals surface area contributed by atoms with Gasteiger partial charge in [0.2, 0.25) is 0 Å². The largest absolute Gasteiger partial charge is 0.210 e. The molecular formula is C9H4ClF4N3. The topological polar surface area (TPSA) is 30.7 Å². The van der Waals surface area contributed by atoms with Crippen molar-refractivity contribution < 1.29 is 17.6 Å². The molecule has 0 saturated heterocycles. The number of rotatable bonds is 2. The monoisotopic (exact) mass is 265 g/mol. The molecule has 0 unspecified atom stereocenters. The standard InChI is InChI=1S/C9H4ClF4N3/c10-2-4-3-15-16-17(4)9-7(13)5(11)1-6(12)8(9)14/h1,3H,2H2. The van der Waals surface area contributed by atoms with Crippen LogP contribution >= 0.6 is 11.6 Å². The number of alkyl halides is 1. The molecule has 0 amide bonds. The van der Waals surface area contributed by atoms with Crippen LogP contribution in [-0.4, -0.2) is 15.0 Å². The van der Waals surface area contributed by atoms with Gasteiger partial charge in [-0.3, -0.25) is 0 Å². The Hall–Kier alpha value is -1.63. The smallest absolute Gasteiger partial charge is 0.187 e. The molecule has 0 aliphatic rings. The third-order valence-electron chi connectivity index (χ3n) is 2.06. The molecule has 0 bridgehead atoms. The molecule has 0 aliphatic carbocycles. The molecule has 0 saturated carbocycles. The maximum atomic E-state index is 13.4. The lowest BCUT2D eigenvalue weighted by Gasteiger charge is -2.08. The fourth-order valence-corrected chi connectivity index (χ4v) is 1.46. The molecule has 8 heteroatoms. The minimum absolute atomic E-state index is 0.106. The lowest BCUT2D eigenvalue weighted by atomic mass is 10.2. The van der Waals surface area contributed by atoms with Gasteiger partial charge < -0.3 is 0 Å². The quantitative estimate of drug-likeness (QED) is 0.475. The maximum absolute atomic E-state index is 13.4. The third-order valence-corrected chi connectivity index (χ3v) is 2.33. The Balaban J connectivity index is 2.75. The van der Waals surface area contributed by atoms with Crippen molar-refractivity contribution in [1.29, 1.82) is 0 Å². The van der Waals surface area contributed by atoms with Gasteiger partial charge in [0.1, 0.15) is 5.69 Å². The molecule has 0 radical (unpaired) electrons. The normalized spacial score (nSPS) is 10.9. The van der Waals surface area contributed by atoms with E-state index in [1.807, 2.05) is 0 Å². The highest BCUT2D eigenvalue weighted by Crippen LogP contribution is 2.23. The summed E-state index contributed by atoms with van der Waals surface area (Å²) in [6, 6.07) is 0.117. The predicted molar refractivity (Wildman–Crippen MR) is 50.7 cm³/mol. The van der Waals surface area contributed by atoms with Crippen LogP contribution in [0.1, 0.15) is 5.69 Å². The van der Waals surface area contributed by atoms with Gasteiger partial charge in [0.05, 0.1) is 17.8 Å². The Bertz CT molecular complexity index is 543. The van der Waals surface area contributed by atoms with Gasteiger partial charge in [-0.1, -0.05) is 5.21 Å². The van der Waals surface area contributed by atoms with E-state index in [0.717, 1.165) is 6.20 Å². The van der Waals surface area contributed by atoms with Crippen molar-refractivity contribution in [3.8, 4) is 5.69 Å². The predicted octanol–water partition coefficient (Wildman–Crippen LogP) is 2.56. The van der Waals surface area contributed by atoms with Gasteiger partial charge in [0.25, 0.3) is 0 Å². The second-order valence-electron chi connectivity index (χ2n) is 3.09. The van der Waals surface area contributed by atoms with Crippen molar-refractivity contribution in [2.75, 3.05) is 0 Å². The second kappa shape index (κ2) is 4.33. The number of halogens is 5. The summed E-state index contributed by atoms with van der Waals surface area (Å²) in [5.74, 6) is -6.31. The summed E-state index contributed by atoms with van der Waals surface area (Å²) in [7, 11) is 0. The van der Waals surface area contributed by atoms with E-state index in [4.69, 9.17) is 11.6 Å². The van der Waals surface area contributed by atoms with Gasteiger partial charge in [-0.25, -0.2) is 22.2 Å². The van der Waals surface area contributed by atoms with Crippen molar-refractivity contribution >= 4 is 11.6 Å². The molecule has 2 rings (SSSR count). The Labute approximate surface area is 97.6 Å². The summed E-state index contributed by atoms with van der Waals surface area (Å²) in [6.07, 6.45) is 1.13. The van der Waals surface area contributed by atoms with Gasteiger partial charge in [-0.2, -0.15) is 0 Å². The van der Waals surface area contributed by atoms with Crippen LogP contribution in [0.4, 0.5) is 17.6 Å². The van der Waals surface area contributed by atoms with E-state index < -0.39 is 29.0 Å². The highest BCUT2D eigenvalue weighted by molar-refractivity contribution is 6.16. The van der Waals surface area contributed by atoms with Gasteiger partial charge in [-0.05, 0) is 0 Å². The first-order chi connectivity index (χ1) is 8.06. The number of hydrogen-bond donors (Lipinski definition) is 0. The van der Waals surface area contributed by atoms with Gasteiger partial charge in [0, 0.05) is 6.07 Å². The van der Waals surface area contributed by atoms with Crippen LogP contribution in [0, 0.1) is 23.3 Å². The van der Waals surface area contributed by atoms with E-state index in [-0.39, 0.29) is 17.6 Å². The fourth-order valence-electron chi connectivity index (χ4n) is 1.28. The molecular weight excluding hydrogens is 262 g/mol. The molecule has 0 fully saturated rings. The van der Waals surface area contributed by atoms with E-state index >= 15 is 0 Å². The van der Waals surface area contributed by atoms with Crippen LogP contribution in [0.15, 0.2) is 12.3 Å². The number of hydrogen-bond acceptors (Lipinski definition) is 2. The lowest BCUT2D eigenvalue weighted by Crippen LogP contribution is -2.10. The van der Waals surface area contributed by atoms with Gasteiger partial charge in [-0.15, -0.1) is 16.7 Å². The van der Waals surface area contributed by atoms with E-state index in [2.05, 4.69) is 10.3 Å². The zero-order chi connectivity index (χ0) is 12.6. The minimum atomic E-state index is -1.55. The van der Waals surface area contributed by atoms with Crippen LogP contribution in [-0.2, 0) is 5.88 Å². The van der Waals surface area contributed by atoms with Gasteiger partial charge in [0.15, 0.2) is 23.3 Å². The molecule has 0 N–H and O–H groups in total.